The van der Waals surface area contributed by atoms with Gasteiger partial charge in [0.2, 0.25) is 5.91 Å². The van der Waals surface area contributed by atoms with Crippen molar-refractivity contribution in [2.45, 2.75) is 32.4 Å². The van der Waals surface area contributed by atoms with Crippen molar-refractivity contribution >= 4 is 5.91 Å². The lowest BCUT2D eigenvalue weighted by Crippen LogP contribution is -2.33. The molecule has 0 saturated heterocycles. The topological polar surface area (TPSA) is 80.0 Å². The van der Waals surface area contributed by atoms with E-state index in [1.165, 1.54) is 0 Å². The Kier molecular flexibility index (Phi) is 4.76. The number of hydrogen-bond acceptors (Lipinski definition) is 4. The monoisotopic (exact) mass is 212 g/mol. The molecule has 1 unspecified atom stereocenters. The second-order valence-electron chi connectivity index (χ2n) is 3.40. The van der Waals surface area contributed by atoms with Gasteiger partial charge in [-0.05, 0) is 13.3 Å². The van der Waals surface area contributed by atoms with Gasteiger partial charge in [0.05, 0.1) is 12.7 Å². The average Bonchev–Trinajstić information content (AvgIpc) is 2.67. The van der Waals surface area contributed by atoms with Crippen molar-refractivity contribution in [2.75, 3.05) is 6.61 Å². The van der Waals surface area contributed by atoms with E-state index in [-0.39, 0.29) is 18.6 Å². The van der Waals surface area contributed by atoms with Crippen LogP contribution in [0.2, 0.25) is 0 Å². The molecule has 1 rings (SSSR count). The van der Waals surface area contributed by atoms with Crippen LogP contribution in [0.1, 0.15) is 19.8 Å². The van der Waals surface area contributed by atoms with Crippen LogP contribution in [0.3, 0.4) is 0 Å². The van der Waals surface area contributed by atoms with Crippen LogP contribution < -0.4 is 5.32 Å². The summed E-state index contributed by atoms with van der Waals surface area (Å²) in [7, 11) is 0. The molecule has 2 N–H and O–H groups in total. The lowest BCUT2D eigenvalue weighted by atomic mass is 10.2. The van der Waals surface area contributed by atoms with Crippen molar-refractivity contribution in [3.05, 3.63) is 12.4 Å². The minimum absolute atomic E-state index is 0.0123. The van der Waals surface area contributed by atoms with Crippen LogP contribution in [0.25, 0.3) is 0 Å². The maximum atomic E-state index is 11.4. The summed E-state index contributed by atoms with van der Waals surface area (Å²) < 4.78 is 1.61. The summed E-state index contributed by atoms with van der Waals surface area (Å²) in [5, 5.41) is 18.8. The standard InChI is InChI=1S/C9H16N4O2/c1-8(3-7-14)11-9(15)2-5-13-6-4-10-12-13/h4,6,8,14H,2-3,5,7H2,1H3,(H,11,15). The van der Waals surface area contributed by atoms with Crippen LogP contribution in [-0.4, -0.2) is 38.7 Å². The van der Waals surface area contributed by atoms with Gasteiger partial charge in [0.1, 0.15) is 0 Å². The number of aliphatic hydroxyl groups excluding tert-OH is 1. The SMILES string of the molecule is CC(CCO)NC(=O)CCn1ccnn1. The molecule has 0 aromatic carbocycles. The summed E-state index contributed by atoms with van der Waals surface area (Å²) in [4.78, 5) is 11.4. The summed E-state index contributed by atoms with van der Waals surface area (Å²) in [6.07, 6.45) is 4.24. The summed E-state index contributed by atoms with van der Waals surface area (Å²) in [6.45, 7) is 2.48. The smallest absolute Gasteiger partial charge is 0.222 e. The molecule has 1 aromatic heterocycles. The van der Waals surface area contributed by atoms with E-state index in [4.69, 9.17) is 5.11 Å². The van der Waals surface area contributed by atoms with E-state index in [0.717, 1.165) is 0 Å². The molecule has 0 radical (unpaired) electrons. The van der Waals surface area contributed by atoms with Gasteiger partial charge in [-0.15, -0.1) is 5.10 Å². The summed E-state index contributed by atoms with van der Waals surface area (Å²) in [5.41, 5.74) is 0. The van der Waals surface area contributed by atoms with E-state index in [1.54, 1.807) is 17.1 Å². The van der Waals surface area contributed by atoms with E-state index < -0.39 is 0 Å². The number of carbonyl (C=O) groups is 1. The van der Waals surface area contributed by atoms with Crippen molar-refractivity contribution in [1.82, 2.24) is 20.3 Å². The predicted molar refractivity (Wildman–Crippen MR) is 53.9 cm³/mol. The highest BCUT2D eigenvalue weighted by Crippen LogP contribution is 1.92. The third-order valence-corrected chi connectivity index (χ3v) is 2.01. The summed E-state index contributed by atoms with van der Waals surface area (Å²) in [6, 6.07) is 0.0123. The van der Waals surface area contributed by atoms with Crippen molar-refractivity contribution < 1.29 is 9.90 Å². The Morgan fingerprint density at radius 2 is 2.47 bits per heavy atom. The van der Waals surface area contributed by atoms with Gasteiger partial charge in [0.15, 0.2) is 0 Å². The van der Waals surface area contributed by atoms with Crippen molar-refractivity contribution in [3.63, 3.8) is 0 Å². The first-order chi connectivity index (χ1) is 7.22. The van der Waals surface area contributed by atoms with Gasteiger partial charge >= 0.3 is 0 Å². The molecule has 84 valence electrons. The lowest BCUT2D eigenvalue weighted by molar-refractivity contribution is -0.122. The molecule has 1 heterocycles. The van der Waals surface area contributed by atoms with Gasteiger partial charge in [-0.2, -0.15) is 0 Å². The van der Waals surface area contributed by atoms with E-state index in [9.17, 15) is 4.79 Å². The van der Waals surface area contributed by atoms with E-state index in [1.807, 2.05) is 6.92 Å². The Labute approximate surface area is 88.3 Å². The Morgan fingerprint density at radius 1 is 1.67 bits per heavy atom. The molecule has 6 nitrogen and oxygen atoms in total. The van der Waals surface area contributed by atoms with Crippen LogP contribution in [0.15, 0.2) is 12.4 Å². The molecular weight excluding hydrogens is 196 g/mol. The van der Waals surface area contributed by atoms with Crippen molar-refractivity contribution in [3.8, 4) is 0 Å². The molecule has 1 aromatic rings. The second kappa shape index (κ2) is 6.13. The van der Waals surface area contributed by atoms with E-state index >= 15 is 0 Å². The zero-order valence-electron chi connectivity index (χ0n) is 8.76. The Morgan fingerprint density at radius 3 is 3.07 bits per heavy atom. The third kappa shape index (κ3) is 4.55. The van der Waals surface area contributed by atoms with Crippen LogP contribution >= 0.6 is 0 Å². The highest BCUT2D eigenvalue weighted by atomic mass is 16.3. The molecule has 0 spiro atoms. The normalized spacial score (nSPS) is 12.4. The second-order valence-corrected chi connectivity index (χ2v) is 3.40. The Balaban J connectivity index is 2.19. The van der Waals surface area contributed by atoms with E-state index in [0.29, 0.717) is 19.4 Å². The molecule has 15 heavy (non-hydrogen) atoms. The number of aromatic nitrogens is 3. The van der Waals surface area contributed by atoms with Gasteiger partial charge in [-0.1, -0.05) is 5.21 Å². The highest BCUT2D eigenvalue weighted by molar-refractivity contribution is 5.76. The minimum atomic E-state index is -0.0357. The molecule has 0 bridgehead atoms. The summed E-state index contributed by atoms with van der Waals surface area (Å²) >= 11 is 0. The van der Waals surface area contributed by atoms with Gasteiger partial charge < -0.3 is 10.4 Å². The lowest BCUT2D eigenvalue weighted by Gasteiger charge is -2.11. The molecular formula is C9H16N4O2. The molecule has 6 heteroatoms. The van der Waals surface area contributed by atoms with Crippen LogP contribution in [0, 0.1) is 0 Å². The number of hydrogen-bond donors (Lipinski definition) is 2. The predicted octanol–water partition coefficient (Wildman–Crippen LogP) is -0.445. The Hall–Kier alpha value is -1.43. The minimum Gasteiger partial charge on any atom is -0.396 e. The van der Waals surface area contributed by atoms with Crippen LogP contribution in [0.5, 0.6) is 0 Å². The molecule has 0 aliphatic heterocycles. The third-order valence-electron chi connectivity index (χ3n) is 2.01. The zero-order valence-corrected chi connectivity index (χ0v) is 8.76. The molecule has 0 fully saturated rings. The number of rotatable bonds is 6. The molecule has 0 aliphatic rings. The number of amides is 1. The first-order valence-corrected chi connectivity index (χ1v) is 4.96. The number of nitrogens with one attached hydrogen (secondary N) is 1. The molecule has 1 atom stereocenters. The fourth-order valence-electron chi connectivity index (χ4n) is 1.18. The fourth-order valence-corrected chi connectivity index (χ4v) is 1.18. The number of aliphatic hydroxyl groups is 1. The molecule has 0 saturated carbocycles. The van der Waals surface area contributed by atoms with Crippen molar-refractivity contribution in [2.24, 2.45) is 0 Å². The molecule has 0 aliphatic carbocycles. The number of nitrogens with zero attached hydrogens (tertiary/aromatic N) is 3. The number of aryl methyl sites for hydroxylation is 1. The van der Waals surface area contributed by atoms with Crippen molar-refractivity contribution in [1.29, 1.82) is 0 Å². The maximum Gasteiger partial charge on any atom is 0.222 e. The first kappa shape index (κ1) is 11.6. The van der Waals surface area contributed by atoms with Gasteiger partial charge in [-0.25, -0.2) is 0 Å². The van der Waals surface area contributed by atoms with Crippen LogP contribution in [-0.2, 0) is 11.3 Å². The maximum absolute atomic E-state index is 11.4. The van der Waals surface area contributed by atoms with Gasteiger partial charge in [-0.3, -0.25) is 9.48 Å². The largest absolute Gasteiger partial charge is 0.396 e. The molecule has 1 amide bonds. The van der Waals surface area contributed by atoms with Gasteiger partial charge in [0.25, 0.3) is 0 Å². The average molecular weight is 212 g/mol. The highest BCUT2D eigenvalue weighted by Gasteiger charge is 2.06. The quantitative estimate of drug-likeness (QED) is 0.669. The van der Waals surface area contributed by atoms with Crippen LogP contribution in [0.4, 0.5) is 0 Å². The van der Waals surface area contributed by atoms with Gasteiger partial charge in [0, 0.05) is 25.3 Å². The Bertz CT molecular complexity index is 286. The number of carbonyl (C=O) groups excluding carboxylic acids is 1. The fraction of sp³-hybridized carbons (Fsp3) is 0.667. The first-order valence-electron chi connectivity index (χ1n) is 4.96. The summed E-state index contributed by atoms with van der Waals surface area (Å²) in [5.74, 6) is -0.0357. The zero-order chi connectivity index (χ0) is 11.1. The van der Waals surface area contributed by atoms with E-state index in [2.05, 4.69) is 15.6 Å².